The van der Waals surface area contributed by atoms with Gasteiger partial charge in [0.05, 0.1) is 12.7 Å². The zero-order valence-corrected chi connectivity index (χ0v) is 4.67. The quantitative estimate of drug-likeness (QED) is 0.522. The van der Waals surface area contributed by atoms with Gasteiger partial charge < -0.3 is 5.11 Å². The van der Waals surface area contributed by atoms with Crippen LogP contribution in [-0.2, 0) is 9.78 Å². The number of aliphatic hydroxyl groups is 1. The van der Waals surface area contributed by atoms with Crippen LogP contribution in [0.15, 0.2) is 0 Å². The fourth-order valence-corrected chi connectivity index (χ4v) is 0.708. The highest BCUT2D eigenvalue weighted by atomic mass is 17.2. The summed E-state index contributed by atoms with van der Waals surface area (Å²) in [5.41, 5.74) is 0. The first-order valence-electron chi connectivity index (χ1n) is 2.82. The smallest absolute Gasteiger partial charge is 0.0974 e. The first kappa shape index (κ1) is 6.01. The SMILES string of the molecule is OCCC1CCOO1. The molecule has 0 aliphatic carbocycles. The molecule has 3 nitrogen and oxygen atoms in total. The summed E-state index contributed by atoms with van der Waals surface area (Å²) in [5, 5.41) is 8.39. The molecule has 0 amide bonds. The van der Waals surface area contributed by atoms with E-state index in [9.17, 15) is 0 Å². The van der Waals surface area contributed by atoms with Crippen molar-refractivity contribution < 1.29 is 14.9 Å². The molecule has 0 bridgehead atoms. The van der Waals surface area contributed by atoms with Crippen molar-refractivity contribution in [3.63, 3.8) is 0 Å². The van der Waals surface area contributed by atoms with Gasteiger partial charge in [-0.15, -0.1) is 0 Å². The highest BCUT2D eigenvalue weighted by molar-refractivity contribution is 4.57. The van der Waals surface area contributed by atoms with Gasteiger partial charge in [-0.05, 0) is 6.42 Å². The van der Waals surface area contributed by atoms with E-state index in [0.717, 1.165) is 6.42 Å². The Kier molecular flexibility index (Phi) is 2.27. The van der Waals surface area contributed by atoms with Crippen molar-refractivity contribution in [3.8, 4) is 0 Å². The topological polar surface area (TPSA) is 38.7 Å². The van der Waals surface area contributed by atoms with Crippen molar-refractivity contribution in [2.75, 3.05) is 13.2 Å². The van der Waals surface area contributed by atoms with Crippen LogP contribution in [0.2, 0.25) is 0 Å². The van der Waals surface area contributed by atoms with E-state index in [1.807, 2.05) is 0 Å². The van der Waals surface area contributed by atoms with Crippen LogP contribution in [0.1, 0.15) is 12.8 Å². The zero-order valence-electron chi connectivity index (χ0n) is 4.67. The summed E-state index contributed by atoms with van der Waals surface area (Å²) < 4.78 is 0. The first-order valence-corrected chi connectivity index (χ1v) is 2.82. The fourth-order valence-electron chi connectivity index (χ4n) is 0.708. The molecule has 0 aromatic rings. The van der Waals surface area contributed by atoms with Crippen LogP contribution >= 0.6 is 0 Å². The molecule has 0 aromatic carbocycles. The molecule has 1 N–H and O–H groups in total. The summed E-state index contributed by atoms with van der Waals surface area (Å²) >= 11 is 0. The molecule has 8 heavy (non-hydrogen) atoms. The summed E-state index contributed by atoms with van der Waals surface area (Å²) in [4.78, 5) is 9.33. The van der Waals surface area contributed by atoms with Crippen LogP contribution in [0.4, 0.5) is 0 Å². The van der Waals surface area contributed by atoms with Crippen LogP contribution in [-0.4, -0.2) is 24.4 Å². The first-order chi connectivity index (χ1) is 3.93. The standard InChI is InChI=1S/C5H10O3/c6-3-1-5-2-4-7-8-5/h5-6H,1-4H2. The van der Waals surface area contributed by atoms with Gasteiger partial charge in [-0.1, -0.05) is 0 Å². The third-order valence-corrected chi connectivity index (χ3v) is 1.18. The Balaban J connectivity index is 2.06. The number of rotatable bonds is 2. The summed E-state index contributed by atoms with van der Waals surface area (Å²) in [6.07, 6.45) is 1.75. The monoisotopic (exact) mass is 118 g/mol. The average Bonchev–Trinajstić information content (AvgIpc) is 2.19. The van der Waals surface area contributed by atoms with Gasteiger partial charge in [0.1, 0.15) is 0 Å². The van der Waals surface area contributed by atoms with Crippen molar-refractivity contribution in [3.05, 3.63) is 0 Å². The summed E-state index contributed by atoms with van der Waals surface area (Å²) in [7, 11) is 0. The maximum atomic E-state index is 8.39. The molecule has 1 atom stereocenters. The van der Waals surface area contributed by atoms with Gasteiger partial charge in [-0.2, -0.15) is 0 Å². The molecule has 0 radical (unpaired) electrons. The minimum Gasteiger partial charge on any atom is -0.396 e. The minimum absolute atomic E-state index is 0.139. The maximum absolute atomic E-state index is 8.39. The zero-order chi connectivity index (χ0) is 5.82. The normalized spacial score (nSPS) is 28.9. The Labute approximate surface area is 48.1 Å². The van der Waals surface area contributed by atoms with Crippen LogP contribution in [0.3, 0.4) is 0 Å². The van der Waals surface area contributed by atoms with E-state index in [-0.39, 0.29) is 12.7 Å². The molecule has 0 aromatic heterocycles. The van der Waals surface area contributed by atoms with E-state index < -0.39 is 0 Å². The minimum atomic E-state index is 0.139. The molecule has 1 aliphatic rings. The van der Waals surface area contributed by atoms with Gasteiger partial charge in [-0.3, -0.25) is 0 Å². The van der Waals surface area contributed by atoms with Crippen molar-refractivity contribution in [1.29, 1.82) is 0 Å². The van der Waals surface area contributed by atoms with E-state index in [1.165, 1.54) is 0 Å². The van der Waals surface area contributed by atoms with Gasteiger partial charge >= 0.3 is 0 Å². The largest absolute Gasteiger partial charge is 0.396 e. The van der Waals surface area contributed by atoms with Gasteiger partial charge in [-0.25, -0.2) is 9.78 Å². The van der Waals surface area contributed by atoms with Gasteiger partial charge in [0.25, 0.3) is 0 Å². The molecule has 0 spiro atoms. The molecular weight excluding hydrogens is 108 g/mol. The fraction of sp³-hybridized carbons (Fsp3) is 1.00. The lowest BCUT2D eigenvalue weighted by Gasteiger charge is -2.00. The molecule has 1 rings (SSSR count). The Morgan fingerprint density at radius 2 is 2.50 bits per heavy atom. The third-order valence-electron chi connectivity index (χ3n) is 1.18. The highest BCUT2D eigenvalue weighted by Crippen LogP contribution is 2.10. The van der Waals surface area contributed by atoms with Crippen molar-refractivity contribution in [2.24, 2.45) is 0 Å². The maximum Gasteiger partial charge on any atom is 0.0974 e. The number of aliphatic hydroxyl groups excluding tert-OH is 1. The Morgan fingerprint density at radius 1 is 1.62 bits per heavy atom. The van der Waals surface area contributed by atoms with Gasteiger partial charge in [0.15, 0.2) is 0 Å². The molecule has 48 valence electrons. The third kappa shape index (κ3) is 1.43. The van der Waals surface area contributed by atoms with Crippen LogP contribution in [0, 0.1) is 0 Å². The predicted octanol–water partition coefficient (Wildman–Crippen LogP) is 0.0893. The van der Waals surface area contributed by atoms with E-state index in [0.29, 0.717) is 13.0 Å². The molecule has 1 saturated heterocycles. The van der Waals surface area contributed by atoms with Crippen molar-refractivity contribution in [2.45, 2.75) is 18.9 Å². The van der Waals surface area contributed by atoms with E-state index in [1.54, 1.807) is 0 Å². The lowest BCUT2D eigenvalue weighted by atomic mass is 10.2. The van der Waals surface area contributed by atoms with Crippen LogP contribution < -0.4 is 0 Å². The molecular formula is C5H10O3. The number of hydrogen-bond donors (Lipinski definition) is 1. The molecule has 1 unspecified atom stereocenters. The molecule has 0 saturated carbocycles. The lowest BCUT2D eigenvalue weighted by molar-refractivity contribution is -0.275. The second kappa shape index (κ2) is 3.02. The average molecular weight is 118 g/mol. The van der Waals surface area contributed by atoms with E-state index in [2.05, 4.69) is 4.89 Å². The van der Waals surface area contributed by atoms with Gasteiger partial charge in [0.2, 0.25) is 0 Å². The Bertz CT molecular complexity index is 58.7. The summed E-state index contributed by atoms with van der Waals surface area (Å²) in [6.45, 7) is 0.860. The van der Waals surface area contributed by atoms with Crippen LogP contribution in [0.5, 0.6) is 0 Å². The highest BCUT2D eigenvalue weighted by Gasteiger charge is 2.15. The van der Waals surface area contributed by atoms with E-state index >= 15 is 0 Å². The second-order valence-corrected chi connectivity index (χ2v) is 1.84. The number of hydrogen-bond acceptors (Lipinski definition) is 3. The molecule has 1 aliphatic heterocycles. The van der Waals surface area contributed by atoms with Crippen molar-refractivity contribution >= 4 is 0 Å². The molecule has 3 heteroatoms. The Morgan fingerprint density at radius 3 is 3.00 bits per heavy atom. The van der Waals surface area contributed by atoms with E-state index in [4.69, 9.17) is 9.99 Å². The van der Waals surface area contributed by atoms with Crippen LogP contribution in [0.25, 0.3) is 0 Å². The van der Waals surface area contributed by atoms with Crippen molar-refractivity contribution in [1.82, 2.24) is 0 Å². The Hall–Kier alpha value is -0.120. The summed E-state index contributed by atoms with van der Waals surface area (Å²) in [5.74, 6) is 0. The second-order valence-electron chi connectivity index (χ2n) is 1.84. The molecule has 1 heterocycles. The van der Waals surface area contributed by atoms with Gasteiger partial charge in [0, 0.05) is 13.0 Å². The summed E-state index contributed by atoms with van der Waals surface area (Å²) in [6, 6.07) is 0. The molecule has 1 fully saturated rings. The predicted molar refractivity (Wildman–Crippen MR) is 27.1 cm³/mol. The lowest BCUT2D eigenvalue weighted by Crippen LogP contribution is -2.05.